The SMILES string of the molecule is O=C1/C(=C/c2cc(O)c(O)c(Cl)c2)NC(=S)N1c1ccccc1Cl. The highest BCUT2D eigenvalue weighted by Crippen LogP contribution is 2.35. The smallest absolute Gasteiger partial charge is 0.281 e. The van der Waals surface area contributed by atoms with Gasteiger partial charge in [0.15, 0.2) is 16.6 Å². The monoisotopic (exact) mass is 380 g/mol. The maximum atomic E-state index is 12.6. The molecule has 3 N–H and O–H groups in total. The van der Waals surface area contributed by atoms with Crippen LogP contribution in [0.2, 0.25) is 10.0 Å². The third-order valence-corrected chi connectivity index (χ3v) is 4.24. The van der Waals surface area contributed by atoms with Gasteiger partial charge in [0.25, 0.3) is 5.91 Å². The Morgan fingerprint density at radius 2 is 1.83 bits per heavy atom. The van der Waals surface area contributed by atoms with Gasteiger partial charge in [0.2, 0.25) is 0 Å². The van der Waals surface area contributed by atoms with Crippen molar-refractivity contribution in [3.8, 4) is 11.5 Å². The molecule has 5 nitrogen and oxygen atoms in total. The second-order valence-corrected chi connectivity index (χ2v) is 6.15. The van der Waals surface area contributed by atoms with E-state index in [1.807, 2.05) is 0 Å². The largest absolute Gasteiger partial charge is 0.504 e. The summed E-state index contributed by atoms with van der Waals surface area (Å²) >= 11 is 17.1. The van der Waals surface area contributed by atoms with Gasteiger partial charge in [-0.1, -0.05) is 35.3 Å². The molecule has 1 heterocycles. The van der Waals surface area contributed by atoms with Crippen molar-refractivity contribution in [1.82, 2.24) is 5.32 Å². The fraction of sp³-hybridized carbons (Fsp3) is 0. The summed E-state index contributed by atoms with van der Waals surface area (Å²) in [6, 6.07) is 9.54. The molecule has 0 spiro atoms. The summed E-state index contributed by atoms with van der Waals surface area (Å²) in [5.74, 6) is -1.19. The molecule has 2 aromatic carbocycles. The van der Waals surface area contributed by atoms with E-state index >= 15 is 0 Å². The molecular weight excluding hydrogens is 371 g/mol. The van der Waals surface area contributed by atoms with E-state index in [0.717, 1.165) is 0 Å². The molecule has 8 heteroatoms. The minimum absolute atomic E-state index is 0.0298. The van der Waals surface area contributed by atoms with Crippen LogP contribution in [-0.2, 0) is 4.79 Å². The van der Waals surface area contributed by atoms with Gasteiger partial charge in [-0.15, -0.1) is 0 Å². The zero-order valence-electron chi connectivity index (χ0n) is 12.0. The number of nitrogens with one attached hydrogen (secondary N) is 1. The fourth-order valence-corrected chi connectivity index (χ4v) is 2.98. The van der Waals surface area contributed by atoms with Crippen molar-refractivity contribution in [2.45, 2.75) is 0 Å². The van der Waals surface area contributed by atoms with Gasteiger partial charge in [0.1, 0.15) is 5.70 Å². The minimum atomic E-state index is -0.419. The van der Waals surface area contributed by atoms with Gasteiger partial charge in [0.05, 0.1) is 15.7 Å². The number of carbonyl (C=O) groups is 1. The number of halogens is 2. The summed E-state index contributed by atoms with van der Waals surface area (Å²) < 4.78 is 0. The third kappa shape index (κ3) is 2.91. The molecule has 2 aromatic rings. The lowest BCUT2D eigenvalue weighted by molar-refractivity contribution is -0.113. The van der Waals surface area contributed by atoms with Crippen LogP contribution in [0.4, 0.5) is 5.69 Å². The molecule has 1 aliphatic rings. The number of phenols is 2. The Morgan fingerprint density at radius 1 is 1.12 bits per heavy atom. The van der Waals surface area contributed by atoms with E-state index in [1.165, 1.54) is 23.1 Å². The van der Waals surface area contributed by atoms with Gasteiger partial charge in [-0.05, 0) is 48.1 Å². The second-order valence-electron chi connectivity index (χ2n) is 4.95. The van der Waals surface area contributed by atoms with Crippen LogP contribution in [0.1, 0.15) is 5.56 Å². The van der Waals surface area contributed by atoms with Crippen LogP contribution in [0.5, 0.6) is 11.5 Å². The summed E-state index contributed by atoms with van der Waals surface area (Å²) in [7, 11) is 0. The average molecular weight is 381 g/mol. The highest BCUT2D eigenvalue weighted by atomic mass is 35.5. The highest BCUT2D eigenvalue weighted by molar-refractivity contribution is 7.80. The number of phenolic OH excluding ortho intramolecular Hbond substituents is 2. The standard InChI is InChI=1S/C16H10Cl2N2O3S/c17-9-3-1-2-4-12(9)20-15(23)11(19-16(20)24)6-8-5-10(18)14(22)13(21)7-8/h1-7,21-22H,(H,19,24)/b11-6-. The van der Waals surface area contributed by atoms with Crippen molar-refractivity contribution in [1.29, 1.82) is 0 Å². The predicted molar refractivity (Wildman–Crippen MR) is 97.4 cm³/mol. The first kappa shape index (κ1) is 16.6. The van der Waals surface area contributed by atoms with Crippen LogP contribution in [0.3, 0.4) is 0 Å². The number of nitrogens with zero attached hydrogens (tertiary/aromatic N) is 1. The van der Waals surface area contributed by atoms with E-state index in [-0.39, 0.29) is 21.6 Å². The second kappa shape index (κ2) is 6.32. The summed E-state index contributed by atoms with van der Waals surface area (Å²) in [4.78, 5) is 13.9. The summed E-state index contributed by atoms with van der Waals surface area (Å²) in [5, 5.41) is 22.4. The van der Waals surface area contributed by atoms with Crippen LogP contribution < -0.4 is 10.2 Å². The van der Waals surface area contributed by atoms with E-state index in [4.69, 9.17) is 35.4 Å². The molecule has 0 bridgehead atoms. The number of benzene rings is 2. The first-order valence-electron chi connectivity index (χ1n) is 6.71. The number of anilines is 1. The Bertz CT molecular complexity index is 876. The zero-order valence-corrected chi connectivity index (χ0v) is 14.3. The lowest BCUT2D eigenvalue weighted by Crippen LogP contribution is -2.30. The van der Waals surface area contributed by atoms with E-state index in [9.17, 15) is 15.0 Å². The lowest BCUT2D eigenvalue weighted by atomic mass is 10.1. The predicted octanol–water partition coefficient (Wildman–Crippen LogP) is 3.67. The molecule has 122 valence electrons. The third-order valence-electron chi connectivity index (χ3n) is 3.35. The Hall–Kier alpha value is -2.28. The molecule has 1 aliphatic heterocycles. The van der Waals surface area contributed by atoms with Crippen LogP contribution in [0, 0.1) is 0 Å². The van der Waals surface area contributed by atoms with Gasteiger partial charge in [-0.25, -0.2) is 0 Å². The molecule has 1 amide bonds. The van der Waals surface area contributed by atoms with E-state index in [1.54, 1.807) is 24.3 Å². The summed E-state index contributed by atoms with van der Waals surface area (Å²) in [6.45, 7) is 0. The van der Waals surface area contributed by atoms with Crippen molar-refractivity contribution >= 4 is 58.2 Å². The van der Waals surface area contributed by atoms with E-state index in [2.05, 4.69) is 5.32 Å². The molecule has 1 saturated heterocycles. The van der Waals surface area contributed by atoms with Gasteiger partial charge < -0.3 is 15.5 Å². The van der Waals surface area contributed by atoms with Gasteiger partial charge in [-0.2, -0.15) is 0 Å². The number of rotatable bonds is 2. The Morgan fingerprint density at radius 3 is 2.50 bits per heavy atom. The lowest BCUT2D eigenvalue weighted by Gasteiger charge is -2.15. The molecule has 0 aromatic heterocycles. The molecular formula is C16H10Cl2N2O3S. The number of amides is 1. The quantitative estimate of drug-likeness (QED) is 0.421. The molecule has 0 aliphatic carbocycles. The minimum Gasteiger partial charge on any atom is -0.504 e. The first-order chi connectivity index (χ1) is 11.4. The number of hydrogen-bond donors (Lipinski definition) is 3. The number of hydrogen-bond acceptors (Lipinski definition) is 4. The molecule has 0 radical (unpaired) electrons. The van der Waals surface area contributed by atoms with Gasteiger partial charge in [-0.3, -0.25) is 9.69 Å². The van der Waals surface area contributed by atoms with Crippen LogP contribution in [0.15, 0.2) is 42.1 Å². The molecule has 1 fully saturated rings. The zero-order chi connectivity index (χ0) is 17.4. The van der Waals surface area contributed by atoms with Gasteiger partial charge in [0, 0.05) is 0 Å². The number of thiocarbonyl (C=S) groups is 1. The summed E-state index contributed by atoms with van der Waals surface area (Å²) in [5.41, 5.74) is 1.09. The average Bonchev–Trinajstić information content (AvgIpc) is 2.80. The van der Waals surface area contributed by atoms with Gasteiger partial charge >= 0.3 is 0 Å². The molecule has 24 heavy (non-hydrogen) atoms. The normalized spacial score (nSPS) is 15.9. The summed E-state index contributed by atoms with van der Waals surface area (Å²) in [6.07, 6.45) is 1.47. The maximum absolute atomic E-state index is 12.6. The molecule has 0 saturated carbocycles. The highest BCUT2D eigenvalue weighted by Gasteiger charge is 2.33. The first-order valence-corrected chi connectivity index (χ1v) is 7.88. The van der Waals surface area contributed by atoms with E-state index in [0.29, 0.717) is 16.3 Å². The van der Waals surface area contributed by atoms with Crippen LogP contribution >= 0.6 is 35.4 Å². The topological polar surface area (TPSA) is 72.8 Å². The van der Waals surface area contributed by atoms with Crippen LogP contribution in [0.25, 0.3) is 6.08 Å². The molecule has 0 atom stereocenters. The fourth-order valence-electron chi connectivity index (χ4n) is 2.24. The molecule has 3 rings (SSSR count). The Kier molecular flexibility index (Phi) is 4.36. The van der Waals surface area contributed by atoms with Crippen molar-refractivity contribution in [2.24, 2.45) is 0 Å². The van der Waals surface area contributed by atoms with E-state index < -0.39 is 11.7 Å². The Labute approximate surface area is 152 Å². The number of para-hydroxylation sites is 1. The Balaban J connectivity index is 1.99. The molecule has 0 unspecified atom stereocenters. The van der Waals surface area contributed by atoms with Crippen molar-refractivity contribution < 1.29 is 15.0 Å². The van der Waals surface area contributed by atoms with Crippen LogP contribution in [-0.4, -0.2) is 21.2 Å². The maximum Gasteiger partial charge on any atom is 0.281 e. The number of carbonyl (C=O) groups excluding carboxylic acids is 1. The number of aromatic hydroxyl groups is 2. The van der Waals surface area contributed by atoms with Crippen molar-refractivity contribution in [3.05, 3.63) is 57.7 Å². The van der Waals surface area contributed by atoms with Crippen molar-refractivity contribution in [3.63, 3.8) is 0 Å². The van der Waals surface area contributed by atoms with Crippen molar-refractivity contribution in [2.75, 3.05) is 4.90 Å².